The first-order chi connectivity index (χ1) is 11.0. The lowest BCUT2D eigenvalue weighted by Crippen LogP contribution is -2.22. The summed E-state index contributed by atoms with van der Waals surface area (Å²) in [5.74, 6) is -1.03. The van der Waals surface area contributed by atoms with Crippen molar-refractivity contribution in [1.29, 1.82) is 0 Å². The highest BCUT2D eigenvalue weighted by atomic mass is 16.5. The Morgan fingerprint density at radius 2 is 1.08 bits per heavy atom. The quantitative estimate of drug-likeness (QED) is 0.707. The Bertz CT molecular complexity index is 497. The molecule has 6 heteroatoms. The minimum atomic E-state index is -0.892. The van der Waals surface area contributed by atoms with Crippen molar-refractivity contribution in [2.45, 2.75) is 51.7 Å². The fourth-order valence-electron chi connectivity index (χ4n) is 1.70. The maximum Gasteiger partial charge on any atom is 0.338 e. The molecule has 0 unspecified atom stereocenters. The number of hydrogen-bond donors (Lipinski definition) is 2. The van der Waals surface area contributed by atoms with E-state index in [4.69, 9.17) is 9.47 Å². The molecule has 0 aromatic heterocycles. The highest BCUT2D eigenvalue weighted by Gasteiger charge is 2.16. The molecule has 1 aromatic carbocycles. The number of carbonyl (C=O) groups is 2. The molecule has 0 aliphatic rings. The van der Waals surface area contributed by atoms with Crippen molar-refractivity contribution in [2.75, 3.05) is 13.2 Å². The summed E-state index contributed by atoms with van der Waals surface area (Å²) in [5, 5.41) is 19.1. The molecule has 2 N–H and O–H groups in total. The van der Waals surface area contributed by atoms with E-state index in [1.165, 1.54) is 24.3 Å². The number of aliphatic hydroxyl groups is 2. The fourth-order valence-corrected chi connectivity index (χ4v) is 1.70. The number of hydrogen-bond acceptors (Lipinski definition) is 6. The van der Waals surface area contributed by atoms with Crippen LogP contribution in [-0.4, -0.2) is 46.6 Å². The molecule has 0 spiro atoms. The van der Waals surface area contributed by atoms with Crippen LogP contribution in [0.4, 0.5) is 0 Å². The Hall–Kier alpha value is -1.92. The van der Waals surface area contributed by atoms with Crippen LogP contribution in [0.2, 0.25) is 0 Å². The topological polar surface area (TPSA) is 93.1 Å². The molecule has 0 saturated carbocycles. The second-order valence-corrected chi connectivity index (χ2v) is 6.97. The van der Waals surface area contributed by atoms with Crippen molar-refractivity contribution in [1.82, 2.24) is 0 Å². The fraction of sp³-hybridized carbons (Fsp3) is 0.556. The molecule has 0 fully saturated rings. The third-order valence-corrected chi connectivity index (χ3v) is 3.25. The second-order valence-electron chi connectivity index (χ2n) is 6.97. The molecule has 0 saturated heterocycles. The van der Waals surface area contributed by atoms with Gasteiger partial charge in [-0.1, -0.05) is 0 Å². The van der Waals surface area contributed by atoms with Crippen LogP contribution in [0.3, 0.4) is 0 Å². The minimum Gasteiger partial charge on any atom is -0.462 e. The summed E-state index contributed by atoms with van der Waals surface area (Å²) in [6, 6.07) is 5.94. The van der Waals surface area contributed by atoms with Gasteiger partial charge in [0.1, 0.15) is 0 Å². The van der Waals surface area contributed by atoms with Crippen LogP contribution in [0.5, 0.6) is 0 Å². The average Bonchev–Trinajstić information content (AvgIpc) is 2.44. The van der Waals surface area contributed by atoms with Crippen molar-refractivity contribution in [3.63, 3.8) is 0 Å². The van der Waals surface area contributed by atoms with Gasteiger partial charge in [-0.05, 0) is 52.0 Å². The highest BCUT2D eigenvalue weighted by molar-refractivity contribution is 5.93. The zero-order valence-electron chi connectivity index (χ0n) is 14.7. The first-order valence-corrected chi connectivity index (χ1v) is 7.87. The average molecular weight is 338 g/mol. The van der Waals surface area contributed by atoms with Crippen LogP contribution in [0, 0.1) is 0 Å². The van der Waals surface area contributed by atoms with Gasteiger partial charge in [-0.15, -0.1) is 0 Å². The summed E-state index contributed by atoms with van der Waals surface area (Å²) in [7, 11) is 0. The Kier molecular flexibility index (Phi) is 6.93. The lowest BCUT2D eigenvalue weighted by Gasteiger charge is -2.16. The van der Waals surface area contributed by atoms with Crippen LogP contribution in [-0.2, 0) is 9.47 Å². The van der Waals surface area contributed by atoms with Crippen molar-refractivity contribution in [3.05, 3.63) is 35.4 Å². The smallest absolute Gasteiger partial charge is 0.338 e. The first kappa shape index (κ1) is 20.1. The number of rotatable bonds is 8. The van der Waals surface area contributed by atoms with Crippen LogP contribution < -0.4 is 0 Å². The zero-order chi connectivity index (χ0) is 18.4. The summed E-state index contributed by atoms with van der Waals surface area (Å²) in [6.07, 6.45) is 0.675. The van der Waals surface area contributed by atoms with E-state index in [2.05, 4.69) is 0 Å². The number of ether oxygens (including phenoxy) is 2. The van der Waals surface area contributed by atoms with Crippen molar-refractivity contribution < 1.29 is 29.3 Å². The zero-order valence-corrected chi connectivity index (χ0v) is 14.7. The Balaban J connectivity index is 2.50. The van der Waals surface area contributed by atoms with E-state index in [0.717, 1.165) is 0 Å². The van der Waals surface area contributed by atoms with E-state index in [-0.39, 0.29) is 13.2 Å². The minimum absolute atomic E-state index is 0.114. The molecule has 24 heavy (non-hydrogen) atoms. The number of benzene rings is 1. The van der Waals surface area contributed by atoms with Gasteiger partial charge in [0.25, 0.3) is 0 Å². The molecule has 134 valence electrons. The van der Waals surface area contributed by atoms with Crippen molar-refractivity contribution >= 4 is 11.9 Å². The van der Waals surface area contributed by atoms with Gasteiger partial charge in [0, 0.05) is 12.8 Å². The molecule has 0 aliphatic heterocycles. The predicted octanol–water partition coefficient (Wildman–Crippen LogP) is 2.32. The van der Waals surface area contributed by atoms with Gasteiger partial charge in [0.2, 0.25) is 0 Å². The molecule has 1 aromatic rings. The van der Waals surface area contributed by atoms with Gasteiger partial charge in [0.15, 0.2) is 0 Å². The van der Waals surface area contributed by atoms with Gasteiger partial charge in [0.05, 0.1) is 35.5 Å². The summed E-state index contributed by atoms with van der Waals surface area (Å²) >= 11 is 0. The van der Waals surface area contributed by atoms with Crippen LogP contribution in [0.15, 0.2) is 24.3 Å². The molecular formula is C18H26O6. The normalized spacial score (nSPS) is 11.9. The maximum atomic E-state index is 11.8. The summed E-state index contributed by atoms with van der Waals surface area (Å²) in [5.41, 5.74) is -1.15. The molecule has 0 aliphatic carbocycles. The van der Waals surface area contributed by atoms with Crippen LogP contribution in [0.25, 0.3) is 0 Å². The summed E-state index contributed by atoms with van der Waals surface area (Å²) < 4.78 is 10.1. The molecule has 0 atom stereocenters. The van der Waals surface area contributed by atoms with Crippen LogP contribution >= 0.6 is 0 Å². The van der Waals surface area contributed by atoms with E-state index in [0.29, 0.717) is 24.0 Å². The summed E-state index contributed by atoms with van der Waals surface area (Å²) in [4.78, 5) is 23.7. The predicted molar refractivity (Wildman–Crippen MR) is 88.8 cm³/mol. The van der Waals surface area contributed by atoms with Gasteiger partial charge >= 0.3 is 11.9 Å². The van der Waals surface area contributed by atoms with E-state index in [9.17, 15) is 19.8 Å². The molecule has 6 nitrogen and oxygen atoms in total. The molecule has 0 heterocycles. The molecule has 0 bridgehead atoms. The van der Waals surface area contributed by atoms with Gasteiger partial charge < -0.3 is 19.7 Å². The molecule has 0 radical (unpaired) electrons. The third kappa shape index (κ3) is 8.08. The van der Waals surface area contributed by atoms with Crippen molar-refractivity contribution in [2.24, 2.45) is 0 Å². The monoisotopic (exact) mass is 338 g/mol. The summed E-state index contributed by atoms with van der Waals surface area (Å²) in [6.45, 7) is 6.78. The lowest BCUT2D eigenvalue weighted by atomic mass is 10.1. The van der Waals surface area contributed by atoms with E-state index in [1.807, 2.05) is 0 Å². The largest absolute Gasteiger partial charge is 0.462 e. The first-order valence-electron chi connectivity index (χ1n) is 7.87. The van der Waals surface area contributed by atoms with Gasteiger partial charge in [-0.2, -0.15) is 0 Å². The second kappa shape index (κ2) is 8.26. The molecule has 1 rings (SSSR count). The SMILES string of the molecule is CC(C)(O)CCOC(=O)c1ccc(C(=O)OCCC(C)(C)O)cc1. The van der Waals surface area contributed by atoms with Crippen molar-refractivity contribution in [3.8, 4) is 0 Å². The maximum absolute atomic E-state index is 11.8. The standard InChI is InChI=1S/C18H26O6/c1-17(2,21)9-11-23-15(19)13-5-7-14(8-6-13)16(20)24-12-10-18(3,4)22/h5-8,21-22H,9-12H2,1-4H3. The Morgan fingerprint density at radius 1 is 0.792 bits per heavy atom. The number of esters is 2. The van der Waals surface area contributed by atoms with E-state index in [1.54, 1.807) is 27.7 Å². The molecule has 0 amide bonds. The van der Waals surface area contributed by atoms with Gasteiger partial charge in [-0.25, -0.2) is 9.59 Å². The molecular weight excluding hydrogens is 312 g/mol. The third-order valence-electron chi connectivity index (χ3n) is 3.25. The van der Waals surface area contributed by atoms with E-state index >= 15 is 0 Å². The Morgan fingerprint density at radius 3 is 1.33 bits per heavy atom. The van der Waals surface area contributed by atoms with Gasteiger partial charge in [-0.3, -0.25) is 0 Å². The lowest BCUT2D eigenvalue weighted by molar-refractivity contribution is 0.0226. The number of carbonyl (C=O) groups excluding carboxylic acids is 2. The van der Waals surface area contributed by atoms with Crippen LogP contribution in [0.1, 0.15) is 61.3 Å². The van der Waals surface area contributed by atoms with E-state index < -0.39 is 23.1 Å². The highest BCUT2D eigenvalue weighted by Crippen LogP contribution is 2.12. The Labute approximate surface area is 142 Å².